The molecule has 1 fully saturated rings. The van der Waals surface area contributed by atoms with Crippen LogP contribution in [-0.2, 0) is 21.4 Å². The second kappa shape index (κ2) is 10.6. The topological polar surface area (TPSA) is 122 Å². The van der Waals surface area contributed by atoms with E-state index in [9.17, 15) is 13.2 Å². The molecule has 198 valence electrons. The Bertz CT molecular complexity index is 1580. The fourth-order valence-electron chi connectivity index (χ4n) is 4.82. The summed E-state index contributed by atoms with van der Waals surface area (Å²) < 4.78 is 28.2. The van der Waals surface area contributed by atoms with E-state index in [1.54, 1.807) is 16.4 Å². The van der Waals surface area contributed by atoms with E-state index in [2.05, 4.69) is 10.2 Å². The van der Waals surface area contributed by atoms with Crippen molar-refractivity contribution in [2.45, 2.75) is 31.3 Å². The number of nitrogens with two attached hydrogens (primary N) is 1. The number of rotatable bonds is 8. The molecule has 1 aliphatic rings. The molecule has 0 unspecified atom stereocenters. The zero-order chi connectivity index (χ0) is 26.9. The van der Waals surface area contributed by atoms with Gasteiger partial charge in [-0.3, -0.25) is 9.69 Å². The molecular weight excluding hydrogens is 500 g/mol. The highest BCUT2D eigenvalue weighted by molar-refractivity contribution is 7.89. The Morgan fingerprint density at radius 2 is 1.63 bits per heavy atom. The van der Waals surface area contributed by atoms with Crippen LogP contribution in [0.25, 0.3) is 21.7 Å². The number of nitrogens with zero attached hydrogens (tertiary/aromatic N) is 4. The SMILES string of the molecule is CC(C)[C@H](Nc1nc(CN2CCN(S(=O)(=O)c3ccc4ccccc4c3)CC2)nc2ccccc12)C(N)=O. The molecule has 0 aliphatic carbocycles. The van der Waals surface area contributed by atoms with Crippen LogP contribution < -0.4 is 11.1 Å². The monoisotopic (exact) mass is 532 g/mol. The first-order valence-electron chi connectivity index (χ1n) is 12.8. The van der Waals surface area contributed by atoms with Crippen LogP contribution >= 0.6 is 0 Å². The second-order valence-corrected chi connectivity index (χ2v) is 11.9. The molecule has 1 aromatic heterocycles. The van der Waals surface area contributed by atoms with E-state index in [4.69, 9.17) is 15.7 Å². The second-order valence-electron chi connectivity index (χ2n) is 9.96. The smallest absolute Gasteiger partial charge is 0.243 e. The van der Waals surface area contributed by atoms with Crippen molar-refractivity contribution in [3.05, 3.63) is 72.6 Å². The van der Waals surface area contributed by atoms with Crippen LogP contribution in [0.2, 0.25) is 0 Å². The third-order valence-electron chi connectivity index (χ3n) is 6.97. The average molecular weight is 533 g/mol. The number of fused-ring (bicyclic) bond motifs is 2. The highest BCUT2D eigenvalue weighted by atomic mass is 32.2. The molecule has 0 bridgehead atoms. The molecule has 1 saturated heterocycles. The lowest BCUT2D eigenvalue weighted by Crippen LogP contribution is -2.48. The summed E-state index contributed by atoms with van der Waals surface area (Å²) in [7, 11) is -3.59. The van der Waals surface area contributed by atoms with E-state index in [1.165, 1.54) is 0 Å². The molecular formula is C28H32N6O3S. The molecule has 1 atom stereocenters. The molecule has 5 rings (SSSR count). The van der Waals surface area contributed by atoms with Gasteiger partial charge in [0.1, 0.15) is 17.7 Å². The van der Waals surface area contributed by atoms with Crippen LogP contribution in [0.3, 0.4) is 0 Å². The molecule has 10 heteroatoms. The minimum Gasteiger partial charge on any atom is -0.368 e. The number of anilines is 1. The maximum Gasteiger partial charge on any atom is 0.243 e. The van der Waals surface area contributed by atoms with Crippen LogP contribution in [0, 0.1) is 5.92 Å². The Labute approximate surface area is 222 Å². The number of para-hydroxylation sites is 1. The Balaban J connectivity index is 1.31. The summed E-state index contributed by atoms with van der Waals surface area (Å²) >= 11 is 0. The zero-order valence-corrected chi connectivity index (χ0v) is 22.4. The number of hydrogen-bond acceptors (Lipinski definition) is 7. The van der Waals surface area contributed by atoms with Crippen molar-refractivity contribution in [2.75, 3.05) is 31.5 Å². The third-order valence-corrected chi connectivity index (χ3v) is 8.86. The molecule has 9 nitrogen and oxygen atoms in total. The zero-order valence-electron chi connectivity index (χ0n) is 21.5. The van der Waals surface area contributed by atoms with E-state index in [0.29, 0.717) is 49.3 Å². The number of primary amides is 1. The highest BCUT2D eigenvalue weighted by Gasteiger charge is 2.29. The normalized spacial score (nSPS) is 16.2. The number of carbonyl (C=O) groups excluding carboxylic acids is 1. The van der Waals surface area contributed by atoms with Gasteiger partial charge in [0.2, 0.25) is 15.9 Å². The average Bonchev–Trinajstić information content (AvgIpc) is 2.91. The van der Waals surface area contributed by atoms with Crippen molar-refractivity contribution >= 4 is 43.4 Å². The van der Waals surface area contributed by atoms with Crippen LogP contribution in [0.4, 0.5) is 5.82 Å². The number of piperazine rings is 1. The maximum atomic E-state index is 13.3. The van der Waals surface area contributed by atoms with Crippen LogP contribution in [0.5, 0.6) is 0 Å². The number of benzene rings is 3. The quantitative estimate of drug-likeness (QED) is 0.357. The van der Waals surface area contributed by atoms with Crippen molar-refractivity contribution in [3.63, 3.8) is 0 Å². The number of aromatic nitrogens is 2. The Kier molecular flexibility index (Phi) is 7.29. The lowest BCUT2D eigenvalue weighted by atomic mass is 10.0. The number of nitrogens with one attached hydrogen (secondary N) is 1. The highest BCUT2D eigenvalue weighted by Crippen LogP contribution is 2.25. The van der Waals surface area contributed by atoms with Crippen molar-refractivity contribution in [1.29, 1.82) is 0 Å². The molecule has 1 aliphatic heterocycles. The van der Waals surface area contributed by atoms with Crippen LogP contribution in [-0.4, -0.2) is 65.7 Å². The van der Waals surface area contributed by atoms with Crippen LogP contribution in [0.15, 0.2) is 71.6 Å². The predicted molar refractivity (Wildman–Crippen MR) is 149 cm³/mol. The van der Waals surface area contributed by atoms with Crippen molar-refractivity contribution < 1.29 is 13.2 Å². The number of carbonyl (C=O) groups is 1. The molecule has 4 aromatic rings. The van der Waals surface area contributed by atoms with E-state index < -0.39 is 22.0 Å². The fourth-order valence-corrected chi connectivity index (χ4v) is 6.28. The first-order chi connectivity index (χ1) is 18.2. The van der Waals surface area contributed by atoms with Gasteiger partial charge in [-0.25, -0.2) is 18.4 Å². The van der Waals surface area contributed by atoms with Crippen LogP contribution in [0.1, 0.15) is 19.7 Å². The van der Waals surface area contributed by atoms with E-state index in [0.717, 1.165) is 21.7 Å². The van der Waals surface area contributed by atoms with Gasteiger partial charge in [-0.2, -0.15) is 4.31 Å². The number of sulfonamides is 1. The Morgan fingerprint density at radius 3 is 2.34 bits per heavy atom. The molecule has 2 heterocycles. The first kappa shape index (κ1) is 26.0. The van der Waals surface area contributed by atoms with Gasteiger partial charge < -0.3 is 11.1 Å². The Morgan fingerprint density at radius 1 is 0.947 bits per heavy atom. The van der Waals surface area contributed by atoms with Gasteiger partial charge in [-0.15, -0.1) is 0 Å². The van der Waals surface area contributed by atoms with Gasteiger partial charge in [0.05, 0.1) is 17.0 Å². The van der Waals surface area contributed by atoms with Gasteiger partial charge in [0.15, 0.2) is 0 Å². The van der Waals surface area contributed by atoms with Crippen molar-refractivity contribution in [3.8, 4) is 0 Å². The molecule has 38 heavy (non-hydrogen) atoms. The molecule has 0 spiro atoms. The van der Waals surface area contributed by atoms with Gasteiger partial charge in [0, 0.05) is 31.6 Å². The van der Waals surface area contributed by atoms with E-state index in [-0.39, 0.29) is 5.92 Å². The fraction of sp³-hybridized carbons (Fsp3) is 0.321. The summed E-state index contributed by atoms with van der Waals surface area (Å²) in [5.74, 6) is 0.722. The summed E-state index contributed by atoms with van der Waals surface area (Å²) in [5, 5.41) is 5.95. The molecule has 3 N–H and O–H groups in total. The molecule has 3 aromatic carbocycles. The lowest BCUT2D eigenvalue weighted by molar-refractivity contribution is -0.119. The predicted octanol–water partition coefficient (Wildman–Crippen LogP) is 3.21. The summed E-state index contributed by atoms with van der Waals surface area (Å²) in [5.41, 5.74) is 6.40. The summed E-state index contributed by atoms with van der Waals surface area (Å²) in [4.78, 5) is 23.9. The number of amides is 1. The van der Waals surface area contributed by atoms with E-state index >= 15 is 0 Å². The number of hydrogen-bond donors (Lipinski definition) is 2. The molecule has 1 amide bonds. The standard InChI is InChI=1S/C28H32N6O3S/c1-19(2)26(27(29)35)32-28-23-9-5-6-10-24(23)30-25(31-28)18-33-13-15-34(16-14-33)38(36,37)22-12-11-20-7-3-4-8-21(20)17-22/h3-12,17,19,26H,13-16,18H2,1-2H3,(H2,29,35)(H,30,31,32)/t26-/m0/s1. The van der Waals surface area contributed by atoms with Gasteiger partial charge in [-0.1, -0.05) is 56.3 Å². The van der Waals surface area contributed by atoms with Gasteiger partial charge in [-0.05, 0) is 41.0 Å². The third kappa shape index (κ3) is 5.33. The maximum absolute atomic E-state index is 13.3. The van der Waals surface area contributed by atoms with Gasteiger partial charge in [0.25, 0.3) is 0 Å². The largest absolute Gasteiger partial charge is 0.368 e. The molecule has 0 saturated carbocycles. The van der Waals surface area contributed by atoms with Gasteiger partial charge >= 0.3 is 0 Å². The minimum atomic E-state index is -3.59. The van der Waals surface area contributed by atoms with E-state index in [1.807, 2.05) is 68.4 Å². The summed E-state index contributed by atoms with van der Waals surface area (Å²) in [6, 6.07) is 20.1. The summed E-state index contributed by atoms with van der Waals surface area (Å²) in [6.45, 7) is 6.20. The Hall–Kier alpha value is -3.60. The molecule has 0 radical (unpaired) electrons. The van der Waals surface area contributed by atoms with Crippen molar-refractivity contribution in [2.24, 2.45) is 11.7 Å². The minimum absolute atomic E-state index is 0.0118. The summed E-state index contributed by atoms with van der Waals surface area (Å²) in [6.07, 6.45) is 0. The van der Waals surface area contributed by atoms with Crippen molar-refractivity contribution in [1.82, 2.24) is 19.2 Å². The first-order valence-corrected chi connectivity index (χ1v) is 14.2. The lowest BCUT2D eigenvalue weighted by Gasteiger charge is -2.33.